The van der Waals surface area contributed by atoms with Crippen molar-refractivity contribution in [1.82, 2.24) is 10.1 Å². The lowest BCUT2D eigenvalue weighted by Gasteiger charge is -2.06. The molecule has 6 heteroatoms. The Bertz CT molecular complexity index is 814. The summed E-state index contributed by atoms with van der Waals surface area (Å²) in [5.74, 6) is -0.516. The van der Waals surface area contributed by atoms with E-state index in [0.717, 1.165) is 10.9 Å². The van der Waals surface area contributed by atoms with Gasteiger partial charge in [0.1, 0.15) is 11.8 Å². The average molecular weight is 303 g/mol. The van der Waals surface area contributed by atoms with Crippen molar-refractivity contribution in [2.45, 2.75) is 13.5 Å². The minimum absolute atomic E-state index is 0.0231. The predicted octanol–water partition coefficient (Wildman–Crippen LogP) is 3.54. The van der Waals surface area contributed by atoms with Gasteiger partial charge in [0, 0.05) is 17.0 Å². The molecule has 0 bridgehead atoms. The van der Waals surface area contributed by atoms with Crippen molar-refractivity contribution >= 4 is 28.5 Å². The maximum absolute atomic E-state index is 11.8. The van der Waals surface area contributed by atoms with Crippen molar-refractivity contribution < 1.29 is 14.1 Å². The first kappa shape index (κ1) is 13.6. The molecule has 0 atom stereocenters. The third-order valence-corrected chi connectivity index (χ3v) is 3.27. The SMILES string of the molecule is Cc1cc(C(=O)OCc2cc3ccccc3nc2Cl)on1. The largest absolute Gasteiger partial charge is 0.455 e. The molecule has 1 aromatic carbocycles. The summed E-state index contributed by atoms with van der Waals surface area (Å²) in [5.41, 5.74) is 2.05. The first-order valence-electron chi connectivity index (χ1n) is 6.28. The molecule has 2 aromatic heterocycles. The number of para-hydroxylation sites is 1. The van der Waals surface area contributed by atoms with Gasteiger partial charge in [-0.25, -0.2) is 9.78 Å². The van der Waals surface area contributed by atoms with Gasteiger partial charge in [-0.3, -0.25) is 0 Å². The van der Waals surface area contributed by atoms with Crippen molar-refractivity contribution in [3.8, 4) is 0 Å². The number of aromatic nitrogens is 2. The van der Waals surface area contributed by atoms with E-state index >= 15 is 0 Å². The van der Waals surface area contributed by atoms with E-state index in [9.17, 15) is 4.79 Å². The van der Waals surface area contributed by atoms with Gasteiger partial charge in [-0.15, -0.1) is 0 Å². The highest BCUT2D eigenvalue weighted by atomic mass is 35.5. The normalized spacial score (nSPS) is 10.8. The third kappa shape index (κ3) is 2.87. The standard InChI is InChI=1S/C15H11ClN2O3/c1-9-6-13(21-18-9)15(19)20-8-11-7-10-4-2-3-5-12(10)17-14(11)16/h2-7H,8H2,1H3. The number of carbonyl (C=O) groups is 1. The Hall–Kier alpha value is -2.40. The van der Waals surface area contributed by atoms with Gasteiger partial charge in [0.25, 0.3) is 0 Å². The second-order valence-corrected chi connectivity index (χ2v) is 4.90. The molecule has 0 amide bonds. The Morgan fingerprint density at radius 1 is 1.33 bits per heavy atom. The van der Waals surface area contributed by atoms with E-state index in [2.05, 4.69) is 10.1 Å². The molecule has 0 spiro atoms. The van der Waals surface area contributed by atoms with Crippen LogP contribution in [0.3, 0.4) is 0 Å². The van der Waals surface area contributed by atoms with E-state index in [1.165, 1.54) is 6.07 Å². The molecular formula is C15H11ClN2O3. The Morgan fingerprint density at radius 2 is 2.14 bits per heavy atom. The van der Waals surface area contributed by atoms with Crippen molar-refractivity contribution in [2.24, 2.45) is 0 Å². The number of hydrogen-bond acceptors (Lipinski definition) is 5. The molecule has 3 rings (SSSR count). The second-order valence-electron chi connectivity index (χ2n) is 4.54. The molecule has 0 aliphatic rings. The summed E-state index contributed by atoms with van der Waals surface area (Å²) in [6, 6.07) is 11.0. The molecule has 0 radical (unpaired) electrons. The zero-order valence-corrected chi connectivity index (χ0v) is 11.9. The number of aryl methyl sites for hydroxylation is 1. The predicted molar refractivity (Wildman–Crippen MR) is 77.1 cm³/mol. The van der Waals surface area contributed by atoms with Gasteiger partial charge in [0.05, 0.1) is 11.2 Å². The maximum atomic E-state index is 11.8. The van der Waals surface area contributed by atoms with Crippen molar-refractivity contribution in [1.29, 1.82) is 0 Å². The van der Waals surface area contributed by atoms with Crippen LogP contribution in [0.15, 0.2) is 40.9 Å². The van der Waals surface area contributed by atoms with E-state index in [4.69, 9.17) is 20.9 Å². The van der Waals surface area contributed by atoms with Gasteiger partial charge >= 0.3 is 5.97 Å². The number of carbonyl (C=O) groups excluding carboxylic acids is 1. The van der Waals surface area contributed by atoms with Crippen LogP contribution in [0.25, 0.3) is 10.9 Å². The Morgan fingerprint density at radius 3 is 2.90 bits per heavy atom. The van der Waals surface area contributed by atoms with Gasteiger partial charge in [-0.1, -0.05) is 35.0 Å². The van der Waals surface area contributed by atoms with Crippen LogP contribution in [0, 0.1) is 6.92 Å². The molecule has 0 saturated heterocycles. The first-order valence-corrected chi connectivity index (χ1v) is 6.66. The lowest BCUT2D eigenvalue weighted by atomic mass is 10.2. The number of esters is 1. The lowest BCUT2D eigenvalue weighted by Crippen LogP contribution is -2.05. The molecule has 0 N–H and O–H groups in total. The molecule has 0 aliphatic heterocycles. The van der Waals surface area contributed by atoms with E-state index in [-0.39, 0.29) is 12.4 Å². The van der Waals surface area contributed by atoms with Crippen LogP contribution < -0.4 is 0 Å². The summed E-state index contributed by atoms with van der Waals surface area (Å²) >= 11 is 6.10. The quantitative estimate of drug-likeness (QED) is 0.547. The lowest BCUT2D eigenvalue weighted by molar-refractivity contribution is 0.0426. The Balaban J connectivity index is 1.78. The molecule has 106 valence electrons. The van der Waals surface area contributed by atoms with Gasteiger partial charge in [0.2, 0.25) is 5.76 Å². The fraction of sp³-hybridized carbons (Fsp3) is 0.133. The number of halogens is 1. The van der Waals surface area contributed by atoms with Gasteiger partial charge in [0.15, 0.2) is 0 Å². The highest BCUT2D eigenvalue weighted by Gasteiger charge is 2.14. The molecule has 2 heterocycles. The minimum Gasteiger partial charge on any atom is -0.455 e. The van der Waals surface area contributed by atoms with E-state index in [1.54, 1.807) is 6.92 Å². The molecule has 0 saturated carbocycles. The van der Waals surface area contributed by atoms with E-state index in [1.807, 2.05) is 30.3 Å². The zero-order valence-electron chi connectivity index (χ0n) is 11.2. The summed E-state index contributed by atoms with van der Waals surface area (Å²) in [5, 5.41) is 4.89. The number of hydrogen-bond donors (Lipinski definition) is 0. The first-order chi connectivity index (χ1) is 10.1. The van der Waals surface area contributed by atoms with E-state index < -0.39 is 5.97 Å². The van der Waals surface area contributed by atoms with Gasteiger partial charge < -0.3 is 9.26 Å². The number of ether oxygens (including phenoxy) is 1. The highest BCUT2D eigenvalue weighted by molar-refractivity contribution is 6.30. The topological polar surface area (TPSA) is 65.2 Å². The van der Waals surface area contributed by atoms with Crippen LogP contribution in [0.5, 0.6) is 0 Å². The average Bonchev–Trinajstić information content (AvgIpc) is 2.91. The zero-order chi connectivity index (χ0) is 14.8. The molecule has 0 unspecified atom stereocenters. The smallest absolute Gasteiger partial charge is 0.377 e. The van der Waals surface area contributed by atoms with Crippen LogP contribution in [-0.2, 0) is 11.3 Å². The molecule has 3 aromatic rings. The fourth-order valence-corrected chi connectivity index (χ4v) is 2.11. The number of benzene rings is 1. The summed E-state index contributed by atoms with van der Waals surface area (Å²) in [6.07, 6.45) is 0. The number of rotatable bonds is 3. The van der Waals surface area contributed by atoms with Crippen molar-refractivity contribution in [2.75, 3.05) is 0 Å². The highest BCUT2D eigenvalue weighted by Crippen LogP contribution is 2.21. The molecule has 0 fully saturated rings. The summed E-state index contributed by atoms with van der Waals surface area (Å²) < 4.78 is 10.0. The summed E-state index contributed by atoms with van der Waals surface area (Å²) in [7, 11) is 0. The van der Waals surface area contributed by atoms with Gasteiger partial charge in [-0.05, 0) is 19.1 Å². The van der Waals surface area contributed by atoms with Gasteiger partial charge in [-0.2, -0.15) is 0 Å². The Kier molecular flexibility index (Phi) is 3.58. The monoisotopic (exact) mass is 302 g/mol. The molecular weight excluding hydrogens is 292 g/mol. The number of fused-ring (bicyclic) bond motifs is 1. The van der Waals surface area contributed by atoms with Crippen LogP contribution in [0.2, 0.25) is 5.15 Å². The van der Waals surface area contributed by atoms with Crippen LogP contribution in [-0.4, -0.2) is 16.1 Å². The molecule has 5 nitrogen and oxygen atoms in total. The fourth-order valence-electron chi connectivity index (χ4n) is 1.91. The summed E-state index contributed by atoms with van der Waals surface area (Å²) in [6.45, 7) is 1.75. The molecule has 0 aliphatic carbocycles. The van der Waals surface area contributed by atoms with Crippen LogP contribution >= 0.6 is 11.6 Å². The summed E-state index contributed by atoms with van der Waals surface area (Å²) in [4.78, 5) is 16.1. The second kappa shape index (κ2) is 5.54. The van der Waals surface area contributed by atoms with Crippen molar-refractivity contribution in [3.05, 3.63) is 58.6 Å². The molecule has 21 heavy (non-hydrogen) atoms. The van der Waals surface area contributed by atoms with E-state index in [0.29, 0.717) is 16.4 Å². The minimum atomic E-state index is -0.583. The third-order valence-electron chi connectivity index (χ3n) is 2.94. The van der Waals surface area contributed by atoms with Crippen LogP contribution in [0.4, 0.5) is 0 Å². The number of nitrogens with zero attached hydrogens (tertiary/aromatic N) is 2. The van der Waals surface area contributed by atoms with Crippen molar-refractivity contribution in [3.63, 3.8) is 0 Å². The maximum Gasteiger partial charge on any atom is 0.377 e. The van der Waals surface area contributed by atoms with Crippen LogP contribution in [0.1, 0.15) is 21.8 Å². The number of pyridine rings is 1. The Labute approximate surface area is 125 Å².